The molecular weight excluding hydrogens is 608 g/mol. The van der Waals surface area contributed by atoms with E-state index in [0.29, 0.717) is 41.3 Å². The van der Waals surface area contributed by atoms with Gasteiger partial charge in [-0.1, -0.05) is 11.6 Å². The van der Waals surface area contributed by atoms with Gasteiger partial charge in [0.2, 0.25) is 5.91 Å². The van der Waals surface area contributed by atoms with Crippen molar-refractivity contribution in [2.75, 3.05) is 20.3 Å². The van der Waals surface area contributed by atoms with Crippen LogP contribution in [-0.2, 0) is 15.8 Å². The maximum atomic E-state index is 14.5. The quantitative estimate of drug-likeness (QED) is 0.229. The summed E-state index contributed by atoms with van der Waals surface area (Å²) in [5, 5.41) is 19.9. The zero-order valence-corrected chi connectivity index (χ0v) is 25.3. The van der Waals surface area contributed by atoms with Crippen molar-refractivity contribution in [1.82, 2.24) is 20.1 Å². The number of nitrogens with one attached hydrogen (secondary N) is 1. The molecule has 234 valence electrons. The van der Waals surface area contributed by atoms with Gasteiger partial charge in [0, 0.05) is 28.3 Å². The number of ether oxygens (including phenoxy) is 2. The predicted octanol–water partition coefficient (Wildman–Crippen LogP) is 4.54. The highest BCUT2D eigenvalue weighted by Gasteiger charge is 2.50. The summed E-state index contributed by atoms with van der Waals surface area (Å²) < 4.78 is 41.8. The fourth-order valence-electron chi connectivity index (χ4n) is 5.95. The third kappa shape index (κ3) is 4.87. The van der Waals surface area contributed by atoms with Crippen LogP contribution in [0.4, 0.5) is 8.78 Å². The monoisotopic (exact) mass is 637 g/mol. The first kappa shape index (κ1) is 29.4. The number of benzene rings is 2. The molecule has 2 fully saturated rings. The summed E-state index contributed by atoms with van der Waals surface area (Å²) in [5.41, 5.74) is 4.37. The molecule has 2 amide bonds. The lowest BCUT2D eigenvalue weighted by Crippen LogP contribution is -2.44. The number of aliphatic hydroxyl groups is 1. The van der Waals surface area contributed by atoms with Gasteiger partial charge < -0.3 is 25.6 Å². The second-order valence-corrected chi connectivity index (χ2v) is 12.7. The molecule has 0 bridgehead atoms. The Morgan fingerprint density at radius 2 is 1.98 bits per heavy atom. The summed E-state index contributed by atoms with van der Waals surface area (Å²) in [5.74, 6) is -3.22. The van der Waals surface area contributed by atoms with E-state index in [0.717, 1.165) is 24.3 Å². The zero-order chi connectivity index (χ0) is 31.8. The number of hydrogen-bond donors (Lipinski definition) is 3. The number of primary amides is 1. The zero-order valence-electron chi connectivity index (χ0n) is 24.5. The molecular formula is C32H30ClF2N5O5. The molecule has 45 heavy (non-hydrogen) atoms. The minimum Gasteiger partial charge on any atom is -0.494 e. The average molecular weight is 638 g/mol. The SMILES string of the molecule is COc1cc(C(=O)NCC(O)(c2cc3c(c(-c4cc(F)c(F)c(Cl)c4)n2)OC[C@]3(C)C(N)=O)C2CC2)cc2cn(C3CC3)nc12. The second-order valence-electron chi connectivity index (χ2n) is 12.3. The van der Waals surface area contributed by atoms with Crippen LogP contribution < -0.4 is 20.5 Å². The first-order valence-electron chi connectivity index (χ1n) is 14.6. The van der Waals surface area contributed by atoms with Crippen LogP contribution in [0.5, 0.6) is 11.5 Å². The van der Waals surface area contributed by atoms with Gasteiger partial charge in [-0.25, -0.2) is 13.8 Å². The number of amides is 2. The van der Waals surface area contributed by atoms with E-state index in [-0.39, 0.29) is 41.8 Å². The van der Waals surface area contributed by atoms with Crippen molar-refractivity contribution < 1.29 is 33.0 Å². The van der Waals surface area contributed by atoms with Crippen LogP contribution in [0, 0.1) is 17.6 Å². The van der Waals surface area contributed by atoms with Crippen molar-refractivity contribution in [3.63, 3.8) is 0 Å². The molecule has 1 unspecified atom stereocenters. The number of pyridine rings is 1. The molecule has 2 aromatic heterocycles. The number of halogens is 3. The largest absolute Gasteiger partial charge is 0.494 e. The summed E-state index contributed by atoms with van der Waals surface area (Å²) >= 11 is 5.97. The fourth-order valence-corrected chi connectivity index (χ4v) is 6.16. The summed E-state index contributed by atoms with van der Waals surface area (Å²) in [6, 6.07) is 7.34. The number of methoxy groups -OCH3 is 1. The third-order valence-corrected chi connectivity index (χ3v) is 9.36. The van der Waals surface area contributed by atoms with Crippen molar-refractivity contribution in [2.45, 2.75) is 49.7 Å². The molecule has 0 radical (unpaired) electrons. The standard InChI is InChI=1S/C32H30ClF2N5O5/c1-31(30(36)42)14-45-28-20(31)11-24(38-27(28)15-8-21(33)25(35)22(34)9-15)32(43,18-3-4-18)13-37-29(41)16-7-17-12-40(19-5-6-19)39-26(17)23(10-16)44-2/h7-12,18-19,43H,3-6,13-14H2,1-2H3,(H2,36,42)(H,37,41)/t31-,32?/m0/s1. The van der Waals surface area contributed by atoms with Crippen molar-refractivity contribution in [3.05, 3.63) is 70.0 Å². The number of carbonyl (C=O) groups is 2. The molecule has 3 aliphatic rings. The Hall–Kier alpha value is -4.29. The normalized spacial score (nSPS) is 20.4. The van der Waals surface area contributed by atoms with Crippen LogP contribution in [0.3, 0.4) is 0 Å². The minimum absolute atomic E-state index is 0.0570. The van der Waals surface area contributed by atoms with E-state index < -0.39 is 39.5 Å². The van der Waals surface area contributed by atoms with Gasteiger partial charge in [-0.2, -0.15) is 5.10 Å². The van der Waals surface area contributed by atoms with Gasteiger partial charge in [-0.15, -0.1) is 0 Å². The molecule has 0 saturated heterocycles. The fraction of sp³-hybridized carbons (Fsp3) is 0.375. The molecule has 1 aliphatic heterocycles. The molecule has 10 nitrogen and oxygen atoms in total. The smallest absolute Gasteiger partial charge is 0.251 e. The Morgan fingerprint density at radius 1 is 1.22 bits per heavy atom. The molecule has 7 rings (SSSR count). The second kappa shape index (κ2) is 10.4. The number of hydrogen-bond acceptors (Lipinski definition) is 7. The lowest BCUT2D eigenvalue weighted by Gasteiger charge is -2.30. The number of fused-ring (bicyclic) bond motifs is 2. The van der Waals surface area contributed by atoms with E-state index in [1.807, 2.05) is 10.9 Å². The number of rotatable bonds is 9. The maximum absolute atomic E-state index is 14.5. The van der Waals surface area contributed by atoms with Crippen LogP contribution in [0.1, 0.15) is 60.3 Å². The van der Waals surface area contributed by atoms with E-state index in [1.165, 1.54) is 13.2 Å². The van der Waals surface area contributed by atoms with Crippen molar-refractivity contribution in [2.24, 2.45) is 11.7 Å². The molecule has 2 aromatic carbocycles. The number of nitrogens with two attached hydrogens (primary N) is 1. The Morgan fingerprint density at radius 3 is 2.62 bits per heavy atom. The van der Waals surface area contributed by atoms with E-state index in [2.05, 4.69) is 15.4 Å². The highest BCUT2D eigenvalue weighted by molar-refractivity contribution is 6.31. The Bertz CT molecular complexity index is 1890. The number of aromatic nitrogens is 3. The Labute approximate surface area is 261 Å². The molecule has 4 N–H and O–H groups in total. The van der Waals surface area contributed by atoms with Crippen LogP contribution in [0.25, 0.3) is 22.2 Å². The van der Waals surface area contributed by atoms with Crippen LogP contribution in [0.15, 0.2) is 36.5 Å². The molecule has 0 spiro atoms. The molecule has 3 heterocycles. The van der Waals surface area contributed by atoms with Gasteiger partial charge in [0.25, 0.3) is 5.91 Å². The van der Waals surface area contributed by atoms with Crippen molar-refractivity contribution in [1.29, 1.82) is 0 Å². The van der Waals surface area contributed by atoms with Gasteiger partial charge >= 0.3 is 0 Å². The number of carbonyl (C=O) groups excluding carboxylic acids is 2. The van der Waals surface area contributed by atoms with Gasteiger partial charge in [-0.3, -0.25) is 14.3 Å². The van der Waals surface area contributed by atoms with Crippen LogP contribution in [0.2, 0.25) is 5.02 Å². The van der Waals surface area contributed by atoms with E-state index in [4.69, 9.17) is 26.8 Å². The van der Waals surface area contributed by atoms with E-state index in [9.17, 15) is 23.5 Å². The third-order valence-electron chi connectivity index (χ3n) is 9.08. The summed E-state index contributed by atoms with van der Waals surface area (Å²) in [7, 11) is 1.51. The van der Waals surface area contributed by atoms with E-state index in [1.54, 1.807) is 25.1 Å². The van der Waals surface area contributed by atoms with E-state index >= 15 is 0 Å². The highest BCUT2D eigenvalue weighted by Crippen LogP contribution is 2.50. The predicted molar refractivity (Wildman–Crippen MR) is 160 cm³/mol. The Balaban J connectivity index is 1.27. The first-order chi connectivity index (χ1) is 21.4. The summed E-state index contributed by atoms with van der Waals surface area (Å²) in [6.07, 6.45) is 5.30. The van der Waals surface area contributed by atoms with Crippen LogP contribution >= 0.6 is 11.6 Å². The lowest BCUT2D eigenvalue weighted by atomic mass is 9.81. The summed E-state index contributed by atoms with van der Waals surface area (Å²) in [4.78, 5) is 30.8. The van der Waals surface area contributed by atoms with Crippen molar-refractivity contribution in [3.8, 4) is 22.8 Å². The van der Waals surface area contributed by atoms with Crippen LogP contribution in [-0.4, -0.2) is 51.9 Å². The molecule has 2 aliphatic carbocycles. The highest BCUT2D eigenvalue weighted by atomic mass is 35.5. The van der Waals surface area contributed by atoms with Gasteiger partial charge in [0.05, 0.1) is 30.4 Å². The number of nitrogens with zero attached hydrogens (tertiary/aromatic N) is 3. The van der Waals surface area contributed by atoms with Gasteiger partial charge in [0.15, 0.2) is 11.6 Å². The summed E-state index contributed by atoms with van der Waals surface area (Å²) in [6.45, 7) is 1.25. The maximum Gasteiger partial charge on any atom is 0.251 e. The molecule has 2 saturated carbocycles. The topological polar surface area (TPSA) is 142 Å². The van der Waals surface area contributed by atoms with Gasteiger partial charge in [0.1, 0.15) is 40.3 Å². The minimum atomic E-state index is -1.69. The molecule has 13 heteroatoms. The average Bonchev–Trinajstić information content (AvgIpc) is 3.97. The van der Waals surface area contributed by atoms with Gasteiger partial charge in [-0.05, 0) is 68.9 Å². The first-order valence-corrected chi connectivity index (χ1v) is 15.0. The molecule has 2 atom stereocenters. The van der Waals surface area contributed by atoms with Crippen molar-refractivity contribution >= 4 is 34.3 Å². The molecule has 4 aromatic rings. The Kier molecular flexibility index (Phi) is 6.79. The lowest BCUT2D eigenvalue weighted by molar-refractivity contribution is -0.123.